The van der Waals surface area contributed by atoms with Gasteiger partial charge in [0.05, 0.1) is 6.04 Å². The second-order valence-electron chi connectivity index (χ2n) is 5.00. The van der Waals surface area contributed by atoms with Gasteiger partial charge in [-0.2, -0.15) is 0 Å². The zero-order chi connectivity index (χ0) is 13.8. The van der Waals surface area contributed by atoms with Crippen LogP contribution in [0.2, 0.25) is 0 Å². The van der Waals surface area contributed by atoms with Gasteiger partial charge in [0, 0.05) is 23.1 Å². The van der Waals surface area contributed by atoms with Crippen LogP contribution in [-0.4, -0.2) is 17.0 Å². The summed E-state index contributed by atoms with van der Waals surface area (Å²) >= 11 is 3.65. The Hall–Kier alpha value is -1.26. The van der Waals surface area contributed by atoms with Gasteiger partial charge in [-0.15, -0.1) is 11.3 Å². The Morgan fingerprint density at radius 3 is 2.85 bits per heavy atom. The Morgan fingerprint density at radius 2 is 2.10 bits per heavy atom. The lowest BCUT2D eigenvalue weighted by atomic mass is 10.1. The summed E-state index contributed by atoms with van der Waals surface area (Å²) in [6.07, 6.45) is 1.06. The summed E-state index contributed by atoms with van der Waals surface area (Å²) in [7, 11) is 0. The van der Waals surface area contributed by atoms with Crippen LogP contribution >= 0.6 is 23.1 Å². The van der Waals surface area contributed by atoms with Crippen molar-refractivity contribution < 1.29 is 0 Å². The smallest absolute Gasteiger partial charge is 0.157 e. The molecule has 2 aromatic rings. The summed E-state index contributed by atoms with van der Waals surface area (Å²) in [4.78, 5) is 6.22. The summed E-state index contributed by atoms with van der Waals surface area (Å²) in [6, 6.07) is 15.6. The molecule has 1 aromatic carbocycles. The maximum atomic E-state index is 4.80. The molecule has 2 heterocycles. The van der Waals surface area contributed by atoms with Crippen LogP contribution in [0.15, 0.2) is 52.8 Å². The van der Waals surface area contributed by atoms with E-state index in [0.717, 1.165) is 17.3 Å². The van der Waals surface area contributed by atoms with Crippen LogP contribution in [-0.2, 0) is 6.42 Å². The van der Waals surface area contributed by atoms with E-state index in [0.29, 0.717) is 12.1 Å². The average Bonchev–Trinajstić information content (AvgIpc) is 3.11. The second kappa shape index (κ2) is 6.46. The molecule has 1 aliphatic rings. The van der Waals surface area contributed by atoms with Gasteiger partial charge in [0.25, 0.3) is 0 Å². The first kappa shape index (κ1) is 13.7. The molecule has 104 valence electrons. The first-order chi connectivity index (χ1) is 9.81. The molecule has 0 saturated carbocycles. The quantitative estimate of drug-likeness (QED) is 0.919. The van der Waals surface area contributed by atoms with E-state index < -0.39 is 0 Å². The number of benzene rings is 1. The predicted molar refractivity (Wildman–Crippen MR) is 89.7 cm³/mol. The van der Waals surface area contributed by atoms with Gasteiger partial charge < -0.3 is 5.32 Å². The van der Waals surface area contributed by atoms with Gasteiger partial charge in [0.2, 0.25) is 0 Å². The highest BCUT2D eigenvalue weighted by molar-refractivity contribution is 8.14. The standard InChI is InChI=1S/C16H18N2S2/c1-12(10-14-8-5-9-19-14)17-16-18-15(11-20-16)13-6-3-2-4-7-13/h2-9,12,15H,10-11H2,1H3,(H,17,18). The molecule has 1 aliphatic heterocycles. The number of hydrogen-bond donors (Lipinski definition) is 1. The van der Waals surface area contributed by atoms with Crippen molar-refractivity contribution in [2.45, 2.75) is 25.4 Å². The highest BCUT2D eigenvalue weighted by Crippen LogP contribution is 2.29. The van der Waals surface area contributed by atoms with Gasteiger partial charge in [0.15, 0.2) is 5.17 Å². The minimum absolute atomic E-state index is 0.303. The average molecular weight is 302 g/mol. The highest BCUT2D eigenvalue weighted by Gasteiger charge is 2.20. The number of aliphatic imine (C=N–C) groups is 1. The number of rotatable bonds is 4. The van der Waals surface area contributed by atoms with Crippen molar-refractivity contribution in [1.82, 2.24) is 5.32 Å². The van der Waals surface area contributed by atoms with E-state index >= 15 is 0 Å². The fraction of sp³-hybridized carbons (Fsp3) is 0.312. The fourth-order valence-electron chi connectivity index (χ4n) is 2.29. The zero-order valence-electron chi connectivity index (χ0n) is 11.5. The van der Waals surface area contributed by atoms with E-state index in [1.54, 1.807) is 0 Å². The van der Waals surface area contributed by atoms with E-state index in [9.17, 15) is 0 Å². The van der Waals surface area contributed by atoms with Crippen LogP contribution in [0.25, 0.3) is 0 Å². The molecule has 4 heteroatoms. The van der Waals surface area contributed by atoms with Crippen LogP contribution in [0.5, 0.6) is 0 Å². The van der Waals surface area contributed by atoms with Crippen LogP contribution < -0.4 is 5.32 Å². The molecule has 0 aliphatic carbocycles. The summed E-state index contributed by atoms with van der Waals surface area (Å²) in [5.74, 6) is 1.04. The lowest BCUT2D eigenvalue weighted by Crippen LogP contribution is -2.31. The van der Waals surface area contributed by atoms with Crippen molar-refractivity contribution >= 4 is 28.3 Å². The van der Waals surface area contributed by atoms with Crippen LogP contribution in [0.1, 0.15) is 23.4 Å². The summed E-state index contributed by atoms with van der Waals surface area (Å²) in [5, 5.41) is 6.76. The molecule has 2 unspecified atom stereocenters. The van der Waals surface area contributed by atoms with Crippen molar-refractivity contribution in [1.29, 1.82) is 0 Å². The van der Waals surface area contributed by atoms with Gasteiger partial charge in [-0.05, 0) is 23.9 Å². The second-order valence-corrected chi connectivity index (χ2v) is 7.04. The lowest BCUT2D eigenvalue weighted by molar-refractivity contribution is 0.668. The van der Waals surface area contributed by atoms with Gasteiger partial charge in [-0.1, -0.05) is 48.2 Å². The fourth-order valence-corrected chi connectivity index (χ4v) is 4.20. The SMILES string of the molecule is CC(Cc1cccs1)NC1=NC(c2ccccc2)CS1. The molecule has 20 heavy (non-hydrogen) atoms. The molecular formula is C16H18N2S2. The van der Waals surface area contributed by atoms with Crippen molar-refractivity contribution in [2.75, 3.05) is 5.75 Å². The predicted octanol–water partition coefficient (Wildman–Crippen LogP) is 4.11. The minimum atomic E-state index is 0.303. The van der Waals surface area contributed by atoms with Crippen molar-refractivity contribution in [3.05, 3.63) is 58.3 Å². The largest absolute Gasteiger partial charge is 0.362 e. The number of thioether (sulfide) groups is 1. The summed E-state index contributed by atoms with van der Waals surface area (Å²) < 4.78 is 0. The van der Waals surface area contributed by atoms with Crippen molar-refractivity contribution in [2.24, 2.45) is 4.99 Å². The molecule has 1 aromatic heterocycles. The minimum Gasteiger partial charge on any atom is -0.362 e. The highest BCUT2D eigenvalue weighted by atomic mass is 32.2. The number of amidine groups is 1. The molecule has 0 fully saturated rings. The van der Waals surface area contributed by atoms with Crippen LogP contribution in [0, 0.1) is 0 Å². The molecule has 0 radical (unpaired) electrons. The number of thiophene rings is 1. The monoisotopic (exact) mass is 302 g/mol. The Labute approximate surface area is 128 Å². The Balaban J connectivity index is 1.58. The topological polar surface area (TPSA) is 24.4 Å². The van der Waals surface area contributed by atoms with Gasteiger partial charge in [-0.25, -0.2) is 0 Å². The normalized spacial score (nSPS) is 19.6. The molecule has 2 nitrogen and oxygen atoms in total. The zero-order valence-corrected chi connectivity index (χ0v) is 13.1. The van der Waals surface area contributed by atoms with Crippen LogP contribution in [0.4, 0.5) is 0 Å². The number of nitrogens with one attached hydrogen (secondary N) is 1. The molecule has 0 amide bonds. The van der Waals surface area contributed by atoms with Gasteiger partial charge >= 0.3 is 0 Å². The maximum Gasteiger partial charge on any atom is 0.157 e. The first-order valence-corrected chi connectivity index (χ1v) is 8.72. The third-order valence-corrected chi connectivity index (χ3v) is 5.17. The Kier molecular flexibility index (Phi) is 4.43. The van der Waals surface area contributed by atoms with E-state index in [1.165, 1.54) is 10.4 Å². The summed E-state index contributed by atoms with van der Waals surface area (Å²) in [6.45, 7) is 2.22. The van der Waals surface area contributed by atoms with E-state index in [-0.39, 0.29) is 0 Å². The Bertz CT molecular complexity index is 563. The number of hydrogen-bond acceptors (Lipinski definition) is 4. The molecule has 0 spiro atoms. The maximum absolute atomic E-state index is 4.80. The molecule has 3 rings (SSSR count). The number of nitrogens with zero attached hydrogens (tertiary/aromatic N) is 1. The first-order valence-electron chi connectivity index (χ1n) is 6.86. The van der Waals surface area contributed by atoms with Gasteiger partial charge in [-0.3, -0.25) is 4.99 Å². The molecule has 0 saturated heterocycles. The van der Waals surface area contributed by atoms with E-state index in [1.807, 2.05) is 23.1 Å². The van der Waals surface area contributed by atoms with Gasteiger partial charge in [0.1, 0.15) is 0 Å². The van der Waals surface area contributed by atoms with Crippen molar-refractivity contribution in [3.63, 3.8) is 0 Å². The summed E-state index contributed by atoms with van der Waals surface area (Å²) in [5.41, 5.74) is 1.31. The molecule has 1 N–H and O–H groups in total. The molecule has 2 atom stereocenters. The van der Waals surface area contributed by atoms with Crippen molar-refractivity contribution in [3.8, 4) is 0 Å². The molecule has 0 bridgehead atoms. The molecular weight excluding hydrogens is 284 g/mol. The lowest BCUT2D eigenvalue weighted by Gasteiger charge is -2.13. The Morgan fingerprint density at radius 1 is 1.25 bits per heavy atom. The third-order valence-electron chi connectivity index (χ3n) is 3.29. The van der Waals surface area contributed by atoms with Crippen LogP contribution in [0.3, 0.4) is 0 Å². The van der Waals surface area contributed by atoms with E-state index in [2.05, 4.69) is 60.1 Å². The van der Waals surface area contributed by atoms with E-state index in [4.69, 9.17) is 4.99 Å². The third kappa shape index (κ3) is 3.44.